The highest BCUT2D eigenvalue weighted by Gasteiger charge is 2.09. The molecule has 0 aliphatic heterocycles. The van der Waals surface area contributed by atoms with E-state index in [0.29, 0.717) is 28.5 Å². The molecule has 0 N–H and O–H groups in total. The molecule has 0 bridgehead atoms. The monoisotopic (exact) mass is 285 g/mol. The van der Waals surface area contributed by atoms with Gasteiger partial charge in [-0.1, -0.05) is 23.7 Å². The number of hydrogen-bond donors (Lipinski definition) is 0. The minimum atomic E-state index is -0.0967. The molecule has 4 heteroatoms. The molecule has 0 saturated carbocycles. The van der Waals surface area contributed by atoms with Crippen molar-refractivity contribution < 1.29 is 9.53 Å². The molecule has 2 aromatic rings. The smallest absolute Gasteiger partial charge is 0.163 e. The maximum absolute atomic E-state index is 11.5. The lowest BCUT2D eigenvalue weighted by atomic mass is 10.1. The largest absolute Gasteiger partial charge is 0.488 e. The fraction of sp³-hybridized carbons (Fsp3) is 0.125. The van der Waals surface area contributed by atoms with Crippen molar-refractivity contribution >= 4 is 17.4 Å². The molecule has 0 radical (unpaired) electrons. The molecule has 0 spiro atoms. The van der Waals surface area contributed by atoms with Crippen LogP contribution in [0, 0.1) is 11.3 Å². The van der Waals surface area contributed by atoms with Crippen LogP contribution in [0.15, 0.2) is 42.5 Å². The average molecular weight is 286 g/mol. The van der Waals surface area contributed by atoms with Crippen molar-refractivity contribution in [2.45, 2.75) is 13.5 Å². The van der Waals surface area contributed by atoms with Gasteiger partial charge in [0, 0.05) is 5.02 Å². The Morgan fingerprint density at radius 3 is 2.55 bits per heavy atom. The Morgan fingerprint density at radius 2 is 1.95 bits per heavy atom. The summed E-state index contributed by atoms with van der Waals surface area (Å²) in [6, 6.07) is 14.1. The van der Waals surface area contributed by atoms with Gasteiger partial charge in [-0.25, -0.2) is 0 Å². The fourth-order valence-electron chi connectivity index (χ4n) is 1.74. The van der Waals surface area contributed by atoms with Gasteiger partial charge < -0.3 is 4.74 Å². The number of rotatable bonds is 4. The van der Waals surface area contributed by atoms with E-state index in [2.05, 4.69) is 0 Å². The zero-order chi connectivity index (χ0) is 14.5. The molecule has 0 fully saturated rings. The molecule has 0 saturated heterocycles. The van der Waals surface area contributed by atoms with Gasteiger partial charge in [-0.2, -0.15) is 5.26 Å². The van der Waals surface area contributed by atoms with Crippen molar-refractivity contribution in [2.75, 3.05) is 0 Å². The standard InChI is InChI=1S/C16H12ClNO2/c1-11(19)15-7-4-13(9-18)8-16(15)20-10-12-2-5-14(17)6-3-12/h2-8H,10H2,1H3. The first-order valence-corrected chi connectivity index (χ1v) is 6.40. The van der Waals surface area contributed by atoms with E-state index < -0.39 is 0 Å². The number of carbonyl (C=O) groups is 1. The molecule has 2 rings (SSSR count). The number of ketones is 1. The average Bonchev–Trinajstić information content (AvgIpc) is 2.46. The van der Waals surface area contributed by atoms with Crippen LogP contribution in [0.2, 0.25) is 5.02 Å². The van der Waals surface area contributed by atoms with Gasteiger partial charge in [0.15, 0.2) is 5.78 Å². The lowest BCUT2D eigenvalue weighted by Crippen LogP contribution is -2.02. The first-order chi connectivity index (χ1) is 9.60. The van der Waals surface area contributed by atoms with Gasteiger partial charge in [0.2, 0.25) is 0 Å². The molecule has 0 aliphatic rings. The highest BCUT2D eigenvalue weighted by molar-refractivity contribution is 6.30. The van der Waals surface area contributed by atoms with Gasteiger partial charge in [0.25, 0.3) is 0 Å². The number of Topliss-reactive ketones (excluding diaryl/α,β-unsaturated/α-hetero) is 1. The summed E-state index contributed by atoms with van der Waals surface area (Å²) in [7, 11) is 0. The second-order valence-electron chi connectivity index (χ2n) is 4.29. The molecule has 3 nitrogen and oxygen atoms in total. The van der Waals surface area contributed by atoms with E-state index in [9.17, 15) is 4.79 Å². The number of carbonyl (C=O) groups excluding carboxylic acids is 1. The van der Waals surface area contributed by atoms with Gasteiger partial charge in [-0.3, -0.25) is 4.79 Å². The van der Waals surface area contributed by atoms with Crippen molar-refractivity contribution in [1.82, 2.24) is 0 Å². The van der Waals surface area contributed by atoms with Crippen molar-refractivity contribution in [3.63, 3.8) is 0 Å². The number of ether oxygens (including phenoxy) is 1. The van der Waals surface area contributed by atoms with Crippen LogP contribution in [-0.2, 0) is 6.61 Å². The molecule has 0 atom stereocenters. The third kappa shape index (κ3) is 3.37. The Hall–Kier alpha value is -2.31. The summed E-state index contributed by atoms with van der Waals surface area (Å²) in [4.78, 5) is 11.5. The van der Waals surface area contributed by atoms with Gasteiger partial charge >= 0.3 is 0 Å². The maximum Gasteiger partial charge on any atom is 0.163 e. The summed E-state index contributed by atoms with van der Waals surface area (Å²) in [5, 5.41) is 9.56. The Labute approximate surface area is 122 Å². The van der Waals surface area contributed by atoms with Gasteiger partial charge in [-0.05, 0) is 42.8 Å². The molecule has 0 aromatic heterocycles. The molecular formula is C16H12ClNO2. The summed E-state index contributed by atoms with van der Waals surface area (Å²) in [5.74, 6) is 0.326. The normalized spacial score (nSPS) is 9.85. The van der Waals surface area contributed by atoms with Crippen LogP contribution in [-0.4, -0.2) is 5.78 Å². The first-order valence-electron chi connectivity index (χ1n) is 6.02. The lowest BCUT2D eigenvalue weighted by Gasteiger charge is -2.10. The fourth-order valence-corrected chi connectivity index (χ4v) is 1.87. The van der Waals surface area contributed by atoms with Crippen LogP contribution in [0.4, 0.5) is 0 Å². The van der Waals surface area contributed by atoms with Crippen molar-refractivity contribution in [3.05, 3.63) is 64.2 Å². The molecule has 20 heavy (non-hydrogen) atoms. The summed E-state index contributed by atoms with van der Waals surface area (Å²) < 4.78 is 5.65. The van der Waals surface area contributed by atoms with Crippen LogP contribution < -0.4 is 4.74 Å². The Balaban J connectivity index is 2.21. The first kappa shape index (κ1) is 14.1. The Morgan fingerprint density at radius 1 is 1.25 bits per heavy atom. The van der Waals surface area contributed by atoms with Crippen molar-refractivity contribution in [1.29, 1.82) is 5.26 Å². The highest BCUT2D eigenvalue weighted by atomic mass is 35.5. The molecule has 100 valence electrons. The summed E-state index contributed by atoms with van der Waals surface area (Å²) >= 11 is 5.81. The summed E-state index contributed by atoms with van der Waals surface area (Å²) in [5.41, 5.74) is 1.87. The second-order valence-corrected chi connectivity index (χ2v) is 4.73. The van der Waals surface area contributed by atoms with Crippen LogP contribution >= 0.6 is 11.6 Å². The summed E-state index contributed by atoms with van der Waals surface area (Å²) in [6.45, 7) is 1.78. The van der Waals surface area contributed by atoms with Crippen LogP contribution in [0.1, 0.15) is 28.4 Å². The van der Waals surface area contributed by atoms with E-state index in [1.807, 2.05) is 18.2 Å². The van der Waals surface area contributed by atoms with E-state index >= 15 is 0 Å². The number of benzene rings is 2. The molecule has 2 aromatic carbocycles. The van der Waals surface area contributed by atoms with E-state index in [4.69, 9.17) is 21.6 Å². The molecule has 0 heterocycles. The number of hydrogen-bond acceptors (Lipinski definition) is 3. The summed E-state index contributed by atoms with van der Waals surface area (Å²) in [6.07, 6.45) is 0. The predicted octanol–water partition coefficient (Wildman–Crippen LogP) is 3.99. The van der Waals surface area contributed by atoms with Gasteiger partial charge in [0.05, 0.1) is 17.2 Å². The highest BCUT2D eigenvalue weighted by Crippen LogP contribution is 2.22. The Bertz CT molecular complexity index is 672. The van der Waals surface area contributed by atoms with Gasteiger partial charge in [0.1, 0.15) is 12.4 Å². The zero-order valence-electron chi connectivity index (χ0n) is 10.9. The third-order valence-corrected chi connectivity index (χ3v) is 3.05. The quantitative estimate of drug-likeness (QED) is 0.798. The molecular weight excluding hydrogens is 274 g/mol. The van der Waals surface area contributed by atoms with Crippen molar-refractivity contribution in [3.8, 4) is 11.8 Å². The zero-order valence-corrected chi connectivity index (χ0v) is 11.6. The van der Waals surface area contributed by atoms with Crippen molar-refractivity contribution in [2.24, 2.45) is 0 Å². The Kier molecular flexibility index (Phi) is 4.39. The number of halogens is 1. The topological polar surface area (TPSA) is 50.1 Å². The lowest BCUT2D eigenvalue weighted by molar-refractivity contribution is 0.101. The predicted molar refractivity (Wildman–Crippen MR) is 76.9 cm³/mol. The SMILES string of the molecule is CC(=O)c1ccc(C#N)cc1OCc1ccc(Cl)cc1. The van der Waals surface area contributed by atoms with Crippen LogP contribution in [0.5, 0.6) is 5.75 Å². The van der Waals surface area contributed by atoms with Crippen LogP contribution in [0.25, 0.3) is 0 Å². The van der Waals surface area contributed by atoms with E-state index in [1.54, 1.807) is 30.3 Å². The van der Waals surface area contributed by atoms with E-state index in [-0.39, 0.29) is 5.78 Å². The minimum Gasteiger partial charge on any atom is -0.488 e. The molecule has 0 unspecified atom stereocenters. The van der Waals surface area contributed by atoms with E-state index in [0.717, 1.165) is 5.56 Å². The van der Waals surface area contributed by atoms with Gasteiger partial charge in [-0.15, -0.1) is 0 Å². The maximum atomic E-state index is 11.5. The number of nitriles is 1. The van der Waals surface area contributed by atoms with E-state index in [1.165, 1.54) is 6.92 Å². The minimum absolute atomic E-state index is 0.0967. The molecule has 0 aliphatic carbocycles. The third-order valence-electron chi connectivity index (χ3n) is 2.80. The second kappa shape index (κ2) is 6.23. The molecule has 0 amide bonds. The van der Waals surface area contributed by atoms with Crippen LogP contribution in [0.3, 0.4) is 0 Å². The number of nitrogens with zero attached hydrogens (tertiary/aromatic N) is 1.